The molecule has 4 heteroatoms. The van der Waals surface area contributed by atoms with Crippen LogP contribution in [0.5, 0.6) is 5.75 Å². The fourth-order valence-corrected chi connectivity index (χ4v) is 2.69. The molecular formula is C15H21ClO3. The fraction of sp³-hybridized carbons (Fsp3) is 0.600. The van der Waals surface area contributed by atoms with Crippen LogP contribution in [0.1, 0.15) is 50.7 Å². The fourth-order valence-electron chi connectivity index (χ4n) is 2.51. The van der Waals surface area contributed by atoms with Crippen molar-refractivity contribution < 1.29 is 14.9 Å². The normalized spacial score (nSPS) is 25.7. The van der Waals surface area contributed by atoms with Crippen LogP contribution in [-0.2, 0) is 0 Å². The number of hydrogen-bond acceptors (Lipinski definition) is 3. The predicted molar refractivity (Wildman–Crippen MR) is 75.6 cm³/mol. The molecule has 1 aromatic carbocycles. The molecular weight excluding hydrogens is 264 g/mol. The molecule has 1 saturated carbocycles. The van der Waals surface area contributed by atoms with Crippen molar-refractivity contribution in [2.24, 2.45) is 0 Å². The second-order valence-electron chi connectivity index (χ2n) is 5.22. The van der Waals surface area contributed by atoms with E-state index in [2.05, 4.69) is 0 Å². The Morgan fingerprint density at radius 3 is 2.74 bits per heavy atom. The molecule has 0 aromatic heterocycles. The van der Waals surface area contributed by atoms with Gasteiger partial charge in [0.2, 0.25) is 0 Å². The lowest BCUT2D eigenvalue weighted by Gasteiger charge is -2.24. The van der Waals surface area contributed by atoms with Gasteiger partial charge in [0.15, 0.2) is 0 Å². The molecule has 3 nitrogen and oxygen atoms in total. The summed E-state index contributed by atoms with van der Waals surface area (Å²) in [5.41, 5.74) is 0.670. The number of hydrogen-bond donors (Lipinski definition) is 2. The highest BCUT2D eigenvalue weighted by Crippen LogP contribution is 2.31. The summed E-state index contributed by atoms with van der Waals surface area (Å²) < 4.78 is 5.93. The van der Waals surface area contributed by atoms with Crippen LogP contribution >= 0.6 is 11.6 Å². The minimum atomic E-state index is -0.642. The Labute approximate surface area is 119 Å². The van der Waals surface area contributed by atoms with E-state index in [1.165, 1.54) is 0 Å². The van der Waals surface area contributed by atoms with Gasteiger partial charge >= 0.3 is 0 Å². The molecule has 2 rings (SSSR count). The number of aliphatic hydroxyl groups is 2. The number of benzene rings is 1. The molecule has 19 heavy (non-hydrogen) atoms. The summed E-state index contributed by atoms with van der Waals surface area (Å²) in [5.74, 6) is 0.616. The highest BCUT2D eigenvalue weighted by molar-refractivity contribution is 6.30. The summed E-state index contributed by atoms with van der Waals surface area (Å²) in [4.78, 5) is 0. The maximum Gasteiger partial charge on any atom is 0.125 e. The monoisotopic (exact) mass is 284 g/mol. The average Bonchev–Trinajstić information content (AvgIpc) is 2.57. The third-order valence-corrected chi connectivity index (χ3v) is 3.85. The van der Waals surface area contributed by atoms with E-state index >= 15 is 0 Å². The molecule has 106 valence electrons. The first-order chi connectivity index (χ1) is 9.08. The summed E-state index contributed by atoms with van der Waals surface area (Å²) in [5, 5.41) is 20.4. The lowest BCUT2D eigenvalue weighted by atomic mass is 10.1. The Bertz CT molecular complexity index is 420. The van der Waals surface area contributed by atoms with Crippen LogP contribution in [0, 0.1) is 0 Å². The van der Waals surface area contributed by atoms with Gasteiger partial charge in [-0.1, -0.05) is 24.4 Å². The first-order valence-electron chi connectivity index (χ1n) is 6.90. The van der Waals surface area contributed by atoms with E-state index < -0.39 is 12.2 Å². The van der Waals surface area contributed by atoms with Gasteiger partial charge in [0.1, 0.15) is 11.9 Å². The third kappa shape index (κ3) is 3.85. The molecule has 0 aliphatic heterocycles. The summed E-state index contributed by atoms with van der Waals surface area (Å²) >= 11 is 5.94. The Hall–Kier alpha value is -0.770. The van der Waals surface area contributed by atoms with Gasteiger partial charge in [0.25, 0.3) is 0 Å². The van der Waals surface area contributed by atoms with Gasteiger partial charge in [0.05, 0.1) is 12.2 Å². The minimum Gasteiger partial charge on any atom is -0.487 e. The SMILES string of the molecule is C[C@H](O)c1cc(Cl)ccc1OC1CCCCCC1O. The van der Waals surface area contributed by atoms with Gasteiger partial charge in [-0.2, -0.15) is 0 Å². The Morgan fingerprint density at radius 1 is 1.26 bits per heavy atom. The molecule has 1 aliphatic rings. The van der Waals surface area contributed by atoms with E-state index in [0.29, 0.717) is 16.3 Å². The summed E-state index contributed by atoms with van der Waals surface area (Å²) in [6, 6.07) is 5.22. The van der Waals surface area contributed by atoms with Gasteiger partial charge in [-0.15, -0.1) is 0 Å². The molecule has 1 aromatic rings. The molecule has 0 radical (unpaired) electrons. The van der Waals surface area contributed by atoms with Crippen molar-refractivity contribution in [3.63, 3.8) is 0 Å². The van der Waals surface area contributed by atoms with E-state index in [1.54, 1.807) is 25.1 Å². The van der Waals surface area contributed by atoms with Gasteiger partial charge in [-0.25, -0.2) is 0 Å². The number of rotatable bonds is 3. The van der Waals surface area contributed by atoms with Crippen LogP contribution in [0.15, 0.2) is 18.2 Å². The second-order valence-corrected chi connectivity index (χ2v) is 5.66. The van der Waals surface area contributed by atoms with Gasteiger partial charge < -0.3 is 14.9 Å². The molecule has 2 unspecified atom stereocenters. The van der Waals surface area contributed by atoms with E-state index in [9.17, 15) is 10.2 Å². The van der Waals surface area contributed by atoms with E-state index in [0.717, 1.165) is 32.1 Å². The first-order valence-corrected chi connectivity index (χ1v) is 7.28. The minimum absolute atomic E-state index is 0.193. The van der Waals surface area contributed by atoms with Gasteiger partial charge in [-0.3, -0.25) is 0 Å². The molecule has 1 fully saturated rings. The zero-order valence-corrected chi connectivity index (χ0v) is 11.9. The van der Waals surface area contributed by atoms with Crippen molar-refractivity contribution in [1.29, 1.82) is 0 Å². The molecule has 2 N–H and O–H groups in total. The van der Waals surface area contributed by atoms with Crippen molar-refractivity contribution >= 4 is 11.6 Å². The predicted octanol–water partition coefficient (Wildman–Crippen LogP) is 3.47. The molecule has 0 spiro atoms. The average molecular weight is 285 g/mol. The third-order valence-electron chi connectivity index (χ3n) is 3.62. The maximum absolute atomic E-state index is 10.1. The summed E-state index contributed by atoms with van der Waals surface area (Å²) in [6.45, 7) is 1.68. The van der Waals surface area contributed by atoms with Crippen molar-refractivity contribution in [3.05, 3.63) is 28.8 Å². The number of ether oxygens (including phenoxy) is 1. The van der Waals surface area contributed by atoms with Crippen molar-refractivity contribution in [1.82, 2.24) is 0 Å². The van der Waals surface area contributed by atoms with Crippen LogP contribution in [-0.4, -0.2) is 22.4 Å². The zero-order chi connectivity index (χ0) is 13.8. The molecule has 0 bridgehead atoms. The first kappa shape index (κ1) is 14.6. The largest absolute Gasteiger partial charge is 0.487 e. The molecule has 0 heterocycles. The highest BCUT2D eigenvalue weighted by Gasteiger charge is 2.24. The standard InChI is InChI=1S/C15H21ClO3/c1-10(17)12-9-11(16)7-8-14(12)19-15-6-4-2-3-5-13(15)18/h7-10,13,15,17-18H,2-6H2,1H3/t10-,13?,15?/m0/s1. The van der Waals surface area contributed by atoms with E-state index in [1.807, 2.05) is 0 Å². The van der Waals surface area contributed by atoms with Crippen LogP contribution in [0.4, 0.5) is 0 Å². The Morgan fingerprint density at radius 2 is 2.00 bits per heavy atom. The highest BCUT2D eigenvalue weighted by atomic mass is 35.5. The Balaban J connectivity index is 2.17. The van der Waals surface area contributed by atoms with Crippen LogP contribution < -0.4 is 4.74 Å². The summed E-state index contributed by atoms with van der Waals surface area (Å²) in [6.07, 6.45) is 3.62. The van der Waals surface area contributed by atoms with Crippen LogP contribution in [0.25, 0.3) is 0 Å². The number of halogens is 1. The lowest BCUT2D eigenvalue weighted by Crippen LogP contribution is -2.30. The van der Waals surface area contributed by atoms with E-state index in [-0.39, 0.29) is 6.10 Å². The van der Waals surface area contributed by atoms with Crippen molar-refractivity contribution in [2.45, 2.75) is 57.3 Å². The Kier molecular flexibility index (Phi) is 5.08. The maximum atomic E-state index is 10.1. The topological polar surface area (TPSA) is 49.7 Å². The zero-order valence-electron chi connectivity index (χ0n) is 11.2. The van der Waals surface area contributed by atoms with E-state index in [4.69, 9.17) is 16.3 Å². The van der Waals surface area contributed by atoms with Gasteiger partial charge in [0, 0.05) is 10.6 Å². The second kappa shape index (κ2) is 6.60. The quantitative estimate of drug-likeness (QED) is 0.836. The number of aliphatic hydroxyl groups excluding tert-OH is 2. The smallest absolute Gasteiger partial charge is 0.125 e. The lowest BCUT2D eigenvalue weighted by molar-refractivity contribution is 0.0299. The van der Waals surface area contributed by atoms with Crippen LogP contribution in [0.3, 0.4) is 0 Å². The molecule has 1 aliphatic carbocycles. The van der Waals surface area contributed by atoms with Gasteiger partial charge in [-0.05, 0) is 44.4 Å². The molecule has 0 amide bonds. The molecule has 3 atom stereocenters. The van der Waals surface area contributed by atoms with Crippen molar-refractivity contribution in [2.75, 3.05) is 0 Å². The molecule has 0 saturated heterocycles. The summed E-state index contributed by atoms with van der Waals surface area (Å²) in [7, 11) is 0. The van der Waals surface area contributed by atoms with Crippen LogP contribution in [0.2, 0.25) is 5.02 Å². The van der Waals surface area contributed by atoms with Crippen molar-refractivity contribution in [3.8, 4) is 5.75 Å².